The molecule has 4 aromatic rings. The first-order valence-corrected chi connectivity index (χ1v) is 11.9. The fourth-order valence-corrected chi connectivity index (χ4v) is 6.66. The second-order valence-corrected chi connectivity index (χ2v) is 11.3. The van der Waals surface area contributed by atoms with Crippen molar-refractivity contribution in [3.05, 3.63) is 35.7 Å². The van der Waals surface area contributed by atoms with Gasteiger partial charge in [0.15, 0.2) is 23.5 Å². The van der Waals surface area contributed by atoms with E-state index < -0.39 is 9.84 Å². The highest BCUT2D eigenvalue weighted by atomic mass is 32.2. The van der Waals surface area contributed by atoms with E-state index in [4.69, 9.17) is 0 Å². The Kier molecular flexibility index (Phi) is 4.17. The molecule has 0 aliphatic rings. The number of nitrogens with zero attached hydrogens (tertiary/aromatic N) is 3. The minimum atomic E-state index is -3.21. The lowest BCUT2D eigenvalue weighted by atomic mass is 10.3. The molecule has 5 nitrogen and oxygen atoms in total. The third-order valence-electron chi connectivity index (χ3n) is 3.08. The van der Waals surface area contributed by atoms with Crippen molar-refractivity contribution < 1.29 is 8.42 Å². The molecule has 0 spiro atoms. The number of hydrogen-bond donors (Lipinski definition) is 0. The monoisotopic (exact) mass is 411 g/mol. The molecule has 0 unspecified atom stereocenters. The number of sulfone groups is 1. The van der Waals surface area contributed by atoms with E-state index in [-0.39, 0.29) is 0 Å². The van der Waals surface area contributed by atoms with Gasteiger partial charge in [0.2, 0.25) is 0 Å². The van der Waals surface area contributed by atoms with Gasteiger partial charge < -0.3 is 0 Å². The van der Waals surface area contributed by atoms with Gasteiger partial charge in [-0.2, -0.15) is 0 Å². The standard InChI is InChI=1S/C14H9N3O2S5/c1-24(18,19)8-4-5-9-11(7-8)21-13(15-9)23-14-17-16-12(22-14)10-3-2-6-20-10/h2-7H,1H3. The van der Waals surface area contributed by atoms with Gasteiger partial charge in [0.1, 0.15) is 0 Å². The SMILES string of the molecule is CS(=O)(=O)c1ccc2nc(Sc3nnc(-c4cccs4)s3)sc2c1. The lowest BCUT2D eigenvalue weighted by Crippen LogP contribution is -1.95. The van der Waals surface area contributed by atoms with E-state index >= 15 is 0 Å². The van der Waals surface area contributed by atoms with Crippen LogP contribution < -0.4 is 0 Å². The Balaban J connectivity index is 1.63. The van der Waals surface area contributed by atoms with Crippen LogP contribution in [0.4, 0.5) is 0 Å². The Bertz CT molecular complexity index is 1110. The molecule has 0 aliphatic heterocycles. The van der Waals surface area contributed by atoms with Gasteiger partial charge in [0.25, 0.3) is 0 Å². The predicted octanol–water partition coefficient (Wildman–Crippen LogP) is 4.43. The summed E-state index contributed by atoms with van der Waals surface area (Å²) < 4.78 is 25.8. The van der Waals surface area contributed by atoms with Crippen molar-refractivity contribution in [2.45, 2.75) is 13.6 Å². The molecule has 3 heterocycles. The minimum Gasteiger partial charge on any atom is -0.229 e. The zero-order valence-corrected chi connectivity index (χ0v) is 16.2. The molecular weight excluding hydrogens is 403 g/mol. The topological polar surface area (TPSA) is 72.8 Å². The van der Waals surface area contributed by atoms with Gasteiger partial charge >= 0.3 is 0 Å². The second-order valence-electron chi connectivity index (χ2n) is 4.83. The number of thiophene rings is 1. The molecule has 0 radical (unpaired) electrons. The summed E-state index contributed by atoms with van der Waals surface area (Å²) in [5.74, 6) is 0. The summed E-state index contributed by atoms with van der Waals surface area (Å²) in [7, 11) is -3.21. The zero-order chi connectivity index (χ0) is 16.7. The smallest absolute Gasteiger partial charge is 0.181 e. The maximum atomic E-state index is 11.7. The summed E-state index contributed by atoms with van der Waals surface area (Å²) in [6.45, 7) is 0. The quantitative estimate of drug-likeness (QED) is 0.495. The number of aromatic nitrogens is 3. The first-order valence-electron chi connectivity index (χ1n) is 6.65. The fourth-order valence-electron chi connectivity index (χ4n) is 1.98. The van der Waals surface area contributed by atoms with Crippen molar-refractivity contribution in [1.82, 2.24) is 15.2 Å². The molecule has 0 saturated carbocycles. The Morgan fingerprint density at radius 1 is 1.08 bits per heavy atom. The van der Waals surface area contributed by atoms with E-state index in [0.29, 0.717) is 4.90 Å². The maximum Gasteiger partial charge on any atom is 0.181 e. The Labute approximate surface area is 154 Å². The summed E-state index contributed by atoms with van der Waals surface area (Å²) in [4.78, 5) is 5.94. The molecule has 4 rings (SSSR count). The van der Waals surface area contributed by atoms with Gasteiger partial charge in [0.05, 0.1) is 20.0 Å². The van der Waals surface area contributed by atoms with Crippen LogP contribution in [0.25, 0.3) is 20.1 Å². The molecule has 10 heteroatoms. The van der Waals surface area contributed by atoms with Gasteiger partial charge in [0, 0.05) is 6.26 Å². The van der Waals surface area contributed by atoms with Crippen LogP contribution in [0.5, 0.6) is 0 Å². The average Bonchev–Trinajstić information content (AvgIpc) is 3.25. The average molecular weight is 412 g/mol. The summed E-state index contributed by atoms with van der Waals surface area (Å²) in [6, 6.07) is 9.00. The third kappa shape index (κ3) is 3.24. The van der Waals surface area contributed by atoms with Crippen LogP contribution in [0.3, 0.4) is 0 Å². The van der Waals surface area contributed by atoms with E-state index in [1.165, 1.54) is 40.7 Å². The zero-order valence-electron chi connectivity index (χ0n) is 12.2. The van der Waals surface area contributed by atoms with E-state index in [2.05, 4.69) is 15.2 Å². The molecule has 3 aromatic heterocycles. The molecule has 0 atom stereocenters. The number of hydrogen-bond acceptors (Lipinski definition) is 9. The molecule has 0 N–H and O–H groups in total. The number of fused-ring (bicyclic) bond motifs is 1. The molecule has 122 valence electrons. The Hall–Kier alpha value is -1.33. The summed E-state index contributed by atoms with van der Waals surface area (Å²) in [5.41, 5.74) is 0.790. The molecule has 0 saturated heterocycles. The van der Waals surface area contributed by atoms with Crippen LogP contribution in [-0.4, -0.2) is 29.9 Å². The molecule has 0 aliphatic carbocycles. The van der Waals surface area contributed by atoms with Crippen molar-refractivity contribution in [3.8, 4) is 9.88 Å². The van der Waals surface area contributed by atoms with Crippen LogP contribution in [0.15, 0.2) is 49.3 Å². The van der Waals surface area contributed by atoms with Gasteiger partial charge in [-0.1, -0.05) is 17.4 Å². The van der Waals surface area contributed by atoms with Crippen LogP contribution in [-0.2, 0) is 9.84 Å². The Morgan fingerprint density at radius 2 is 1.96 bits per heavy atom. The van der Waals surface area contributed by atoms with Crippen LogP contribution in [0.1, 0.15) is 0 Å². The lowest BCUT2D eigenvalue weighted by molar-refractivity contribution is 0.602. The van der Waals surface area contributed by atoms with Gasteiger partial charge in [-0.25, -0.2) is 13.4 Å². The van der Waals surface area contributed by atoms with Gasteiger partial charge in [-0.3, -0.25) is 0 Å². The lowest BCUT2D eigenvalue weighted by Gasteiger charge is -1.96. The molecule has 1 aromatic carbocycles. The molecule has 0 amide bonds. The third-order valence-corrected chi connectivity index (χ3v) is 8.28. The second kappa shape index (κ2) is 6.19. The first kappa shape index (κ1) is 16.2. The van der Waals surface area contributed by atoms with Crippen molar-refractivity contribution >= 4 is 65.8 Å². The van der Waals surface area contributed by atoms with Crippen LogP contribution >= 0.6 is 45.8 Å². The molecule has 0 fully saturated rings. The minimum absolute atomic E-state index is 0.311. The van der Waals surface area contributed by atoms with E-state index in [1.807, 2.05) is 17.5 Å². The summed E-state index contributed by atoms with van der Waals surface area (Å²) >= 11 is 6.07. The number of thiazole rings is 1. The van der Waals surface area contributed by atoms with E-state index in [9.17, 15) is 8.42 Å². The van der Waals surface area contributed by atoms with Crippen LogP contribution in [0.2, 0.25) is 0 Å². The van der Waals surface area contributed by atoms with Crippen molar-refractivity contribution in [1.29, 1.82) is 0 Å². The first-order chi connectivity index (χ1) is 11.5. The largest absolute Gasteiger partial charge is 0.229 e. The predicted molar refractivity (Wildman–Crippen MR) is 100 cm³/mol. The number of benzene rings is 1. The summed E-state index contributed by atoms with van der Waals surface area (Å²) in [5, 5.41) is 11.3. The van der Waals surface area contributed by atoms with Crippen molar-refractivity contribution in [2.24, 2.45) is 0 Å². The molecular formula is C14H9N3O2S5. The van der Waals surface area contributed by atoms with Crippen molar-refractivity contribution in [3.63, 3.8) is 0 Å². The Morgan fingerprint density at radius 3 is 2.71 bits per heavy atom. The van der Waals surface area contributed by atoms with Gasteiger partial charge in [-0.15, -0.1) is 32.9 Å². The summed E-state index contributed by atoms with van der Waals surface area (Å²) in [6.07, 6.45) is 1.21. The van der Waals surface area contributed by atoms with Crippen molar-refractivity contribution in [2.75, 3.05) is 6.26 Å². The maximum absolute atomic E-state index is 11.7. The van der Waals surface area contributed by atoms with Crippen LogP contribution in [0, 0.1) is 0 Å². The highest BCUT2D eigenvalue weighted by Gasteiger charge is 2.14. The highest BCUT2D eigenvalue weighted by Crippen LogP contribution is 2.38. The normalized spacial score (nSPS) is 12.0. The molecule has 0 bridgehead atoms. The van der Waals surface area contributed by atoms with Gasteiger partial charge in [-0.05, 0) is 41.4 Å². The molecule has 24 heavy (non-hydrogen) atoms. The highest BCUT2D eigenvalue weighted by molar-refractivity contribution is 8.02. The fraction of sp³-hybridized carbons (Fsp3) is 0.0714. The van der Waals surface area contributed by atoms with E-state index in [1.54, 1.807) is 29.5 Å². The number of rotatable bonds is 4. The van der Waals surface area contributed by atoms with E-state index in [0.717, 1.165) is 28.8 Å².